The van der Waals surface area contributed by atoms with Crippen LogP contribution in [0.5, 0.6) is 5.75 Å². The zero-order valence-electron chi connectivity index (χ0n) is 13.6. The largest absolute Gasteiger partial charge is 0.491 e. The predicted molar refractivity (Wildman–Crippen MR) is 87.2 cm³/mol. The first kappa shape index (κ1) is 16.8. The molecule has 0 unspecified atom stereocenters. The quantitative estimate of drug-likeness (QED) is 0.894. The zero-order valence-corrected chi connectivity index (χ0v) is 13.6. The van der Waals surface area contributed by atoms with Crippen LogP contribution in [-0.2, 0) is 9.53 Å². The van der Waals surface area contributed by atoms with Gasteiger partial charge >= 0.3 is 5.97 Å². The predicted octanol–water partition coefficient (Wildman–Crippen LogP) is 2.18. The van der Waals surface area contributed by atoms with Gasteiger partial charge in [-0.05, 0) is 49.9 Å². The average molecular weight is 333 g/mol. The Kier molecular flexibility index (Phi) is 5.35. The SMILES string of the molecule is O=C(O)[C@@H]1CCCN(C(=O)c2ccc(OC[C@H]3CCCO3)cc2)C1. The van der Waals surface area contributed by atoms with Crippen LogP contribution < -0.4 is 4.74 Å². The molecule has 1 aromatic rings. The summed E-state index contributed by atoms with van der Waals surface area (Å²) < 4.78 is 11.2. The van der Waals surface area contributed by atoms with Crippen LogP contribution in [0.25, 0.3) is 0 Å². The minimum absolute atomic E-state index is 0.119. The Morgan fingerprint density at radius 1 is 1.21 bits per heavy atom. The molecule has 2 aliphatic heterocycles. The van der Waals surface area contributed by atoms with Crippen molar-refractivity contribution in [2.45, 2.75) is 31.8 Å². The summed E-state index contributed by atoms with van der Waals surface area (Å²) in [5, 5.41) is 9.13. The molecule has 24 heavy (non-hydrogen) atoms. The van der Waals surface area contributed by atoms with Gasteiger partial charge < -0.3 is 19.5 Å². The van der Waals surface area contributed by atoms with E-state index in [1.807, 2.05) is 0 Å². The van der Waals surface area contributed by atoms with E-state index in [0.717, 1.165) is 25.9 Å². The summed E-state index contributed by atoms with van der Waals surface area (Å²) in [4.78, 5) is 25.3. The summed E-state index contributed by atoms with van der Waals surface area (Å²) in [7, 11) is 0. The Balaban J connectivity index is 1.56. The van der Waals surface area contributed by atoms with Crippen LogP contribution >= 0.6 is 0 Å². The third-order valence-corrected chi connectivity index (χ3v) is 4.62. The van der Waals surface area contributed by atoms with Crippen LogP contribution in [0.4, 0.5) is 0 Å². The minimum atomic E-state index is -0.828. The topological polar surface area (TPSA) is 76.1 Å². The van der Waals surface area contributed by atoms with Crippen LogP contribution in [0.15, 0.2) is 24.3 Å². The van der Waals surface area contributed by atoms with Crippen LogP contribution in [-0.4, -0.2) is 54.3 Å². The number of piperidine rings is 1. The second-order valence-electron chi connectivity index (χ2n) is 6.40. The molecule has 2 aliphatic rings. The molecule has 0 saturated carbocycles. The monoisotopic (exact) mass is 333 g/mol. The number of carbonyl (C=O) groups is 2. The van der Waals surface area contributed by atoms with Gasteiger partial charge in [0, 0.05) is 25.3 Å². The van der Waals surface area contributed by atoms with E-state index < -0.39 is 11.9 Å². The van der Waals surface area contributed by atoms with Gasteiger partial charge in [-0.3, -0.25) is 9.59 Å². The molecule has 0 radical (unpaired) electrons. The maximum atomic E-state index is 12.5. The number of carbonyl (C=O) groups excluding carboxylic acids is 1. The maximum Gasteiger partial charge on any atom is 0.308 e. The fourth-order valence-electron chi connectivity index (χ4n) is 3.20. The maximum absolute atomic E-state index is 12.5. The van der Waals surface area contributed by atoms with Gasteiger partial charge in [0.1, 0.15) is 12.4 Å². The molecule has 2 saturated heterocycles. The van der Waals surface area contributed by atoms with Gasteiger partial charge in [0.25, 0.3) is 5.91 Å². The highest BCUT2D eigenvalue weighted by atomic mass is 16.5. The van der Waals surface area contributed by atoms with Crippen LogP contribution in [0.1, 0.15) is 36.0 Å². The van der Waals surface area contributed by atoms with Gasteiger partial charge in [0.15, 0.2) is 0 Å². The highest BCUT2D eigenvalue weighted by Crippen LogP contribution is 2.21. The third-order valence-electron chi connectivity index (χ3n) is 4.62. The standard InChI is InChI=1S/C18H23NO5/c20-17(19-9-1-3-14(11-19)18(21)22)13-5-7-15(8-6-13)24-12-16-4-2-10-23-16/h5-8,14,16H,1-4,9-12H2,(H,21,22)/t14-,16-/m1/s1. The number of rotatable bonds is 5. The number of amides is 1. The molecular weight excluding hydrogens is 310 g/mol. The normalized spacial score (nSPS) is 23.9. The number of carboxylic acids is 1. The van der Waals surface area contributed by atoms with Gasteiger partial charge in [-0.2, -0.15) is 0 Å². The van der Waals surface area contributed by atoms with Gasteiger partial charge in [-0.15, -0.1) is 0 Å². The Labute approximate surface area is 141 Å². The van der Waals surface area contributed by atoms with E-state index in [9.17, 15) is 9.59 Å². The Morgan fingerprint density at radius 3 is 2.67 bits per heavy atom. The number of hydrogen-bond acceptors (Lipinski definition) is 4. The fourth-order valence-corrected chi connectivity index (χ4v) is 3.20. The van der Waals surface area contributed by atoms with Gasteiger partial charge in [0.05, 0.1) is 12.0 Å². The summed E-state index contributed by atoms with van der Waals surface area (Å²) in [5.41, 5.74) is 0.561. The molecule has 0 bridgehead atoms. The number of ether oxygens (including phenoxy) is 2. The second kappa shape index (κ2) is 7.66. The summed E-state index contributed by atoms with van der Waals surface area (Å²) in [6.45, 7) is 2.22. The zero-order chi connectivity index (χ0) is 16.9. The Morgan fingerprint density at radius 2 is 2.00 bits per heavy atom. The molecule has 3 rings (SSSR count). The first-order chi connectivity index (χ1) is 11.6. The molecule has 130 valence electrons. The molecule has 2 fully saturated rings. The van der Waals surface area contributed by atoms with Crippen molar-refractivity contribution < 1.29 is 24.2 Å². The molecule has 2 atom stereocenters. The van der Waals surface area contributed by atoms with E-state index in [4.69, 9.17) is 14.6 Å². The lowest BCUT2D eigenvalue weighted by Crippen LogP contribution is -2.42. The number of carboxylic acid groups (broad SMARTS) is 1. The first-order valence-corrected chi connectivity index (χ1v) is 8.50. The molecule has 1 aromatic carbocycles. The molecule has 2 heterocycles. The third kappa shape index (κ3) is 4.06. The van der Waals surface area contributed by atoms with Crippen molar-refractivity contribution in [1.29, 1.82) is 0 Å². The summed E-state index contributed by atoms with van der Waals surface area (Å²) in [6.07, 6.45) is 3.62. The lowest BCUT2D eigenvalue weighted by Gasteiger charge is -2.30. The molecule has 0 aliphatic carbocycles. The van der Waals surface area contributed by atoms with Crippen LogP contribution in [0.3, 0.4) is 0 Å². The first-order valence-electron chi connectivity index (χ1n) is 8.50. The summed E-state index contributed by atoms with van der Waals surface area (Å²) >= 11 is 0. The Bertz CT molecular complexity index is 580. The van der Waals surface area contributed by atoms with Crippen molar-refractivity contribution in [1.82, 2.24) is 4.90 Å². The van der Waals surface area contributed by atoms with Gasteiger partial charge in [0.2, 0.25) is 0 Å². The molecule has 1 amide bonds. The molecule has 0 spiro atoms. The van der Waals surface area contributed by atoms with Gasteiger partial charge in [-0.1, -0.05) is 0 Å². The summed E-state index contributed by atoms with van der Waals surface area (Å²) in [6, 6.07) is 7.02. The van der Waals surface area contributed by atoms with Crippen molar-refractivity contribution in [3.63, 3.8) is 0 Å². The number of nitrogens with zero attached hydrogens (tertiary/aromatic N) is 1. The second-order valence-corrected chi connectivity index (χ2v) is 6.40. The average Bonchev–Trinajstić information content (AvgIpc) is 3.13. The molecular formula is C18H23NO5. The van der Waals surface area contributed by atoms with Crippen molar-refractivity contribution in [2.75, 3.05) is 26.3 Å². The van der Waals surface area contributed by atoms with Crippen molar-refractivity contribution in [3.8, 4) is 5.75 Å². The van der Waals surface area contributed by atoms with E-state index in [0.29, 0.717) is 30.9 Å². The number of aliphatic carboxylic acids is 1. The number of likely N-dealkylation sites (tertiary alicyclic amines) is 1. The smallest absolute Gasteiger partial charge is 0.308 e. The van der Waals surface area contributed by atoms with Crippen molar-refractivity contribution in [3.05, 3.63) is 29.8 Å². The molecule has 6 nitrogen and oxygen atoms in total. The molecule has 0 aromatic heterocycles. The number of hydrogen-bond donors (Lipinski definition) is 1. The van der Waals surface area contributed by atoms with E-state index in [-0.39, 0.29) is 18.6 Å². The van der Waals surface area contributed by atoms with Crippen LogP contribution in [0, 0.1) is 5.92 Å². The van der Waals surface area contributed by atoms with E-state index in [1.165, 1.54) is 0 Å². The van der Waals surface area contributed by atoms with E-state index in [2.05, 4.69) is 0 Å². The highest BCUT2D eigenvalue weighted by Gasteiger charge is 2.28. The number of benzene rings is 1. The van der Waals surface area contributed by atoms with Gasteiger partial charge in [-0.25, -0.2) is 0 Å². The minimum Gasteiger partial charge on any atom is -0.491 e. The highest BCUT2D eigenvalue weighted by molar-refractivity contribution is 5.94. The van der Waals surface area contributed by atoms with Crippen molar-refractivity contribution >= 4 is 11.9 Å². The fraction of sp³-hybridized carbons (Fsp3) is 0.556. The van der Waals surface area contributed by atoms with E-state index >= 15 is 0 Å². The molecule has 1 N–H and O–H groups in total. The lowest BCUT2D eigenvalue weighted by molar-refractivity contribution is -0.143. The lowest BCUT2D eigenvalue weighted by atomic mass is 9.97. The summed E-state index contributed by atoms with van der Waals surface area (Å²) in [5.74, 6) is -0.696. The van der Waals surface area contributed by atoms with E-state index in [1.54, 1.807) is 29.2 Å². The van der Waals surface area contributed by atoms with Crippen LogP contribution in [0.2, 0.25) is 0 Å². The molecule has 6 heteroatoms. The Hall–Kier alpha value is -2.08. The van der Waals surface area contributed by atoms with Crippen molar-refractivity contribution in [2.24, 2.45) is 5.92 Å².